The first kappa shape index (κ1) is 16.8. The molecule has 1 amide bonds. The van der Waals surface area contributed by atoms with Gasteiger partial charge < -0.3 is 9.64 Å². The van der Waals surface area contributed by atoms with E-state index in [2.05, 4.69) is 37.5 Å². The average molecular weight is 296 g/mol. The second kappa shape index (κ2) is 7.10. The summed E-state index contributed by atoms with van der Waals surface area (Å²) in [5.74, 6) is 1.46. The van der Waals surface area contributed by atoms with E-state index in [0.717, 1.165) is 32.5 Å². The first-order valence-corrected chi connectivity index (χ1v) is 8.50. The van der Waals surface area contributed by atoms with Gasteiger partial charge in [0.05, 0.1) is 6.10 Å². The lowest BCUT2D eigenvalue weighted by molar-refractivity contribution is -0.141. The molecule has 2 saturated heterocycles. The molecule has 2 rings (SSSR count). The van der Waals surface area contributed by atoms with E-state index >= 15 is 0 Å². The van der Waals surface area contributed by atoms with Gasteiger partial charge >= 0.3 is 0 Å². The lowest BCUT2D eigenvalue weighted by atomic mass is 9.79. The van der Waals surface area contributed by atoms with Crippen molar-refractivity contribution >= 4 is 5.91 Å². The third-order valence-corrected chi connectivity index (χ3v) is 5.08. The molecular weight excluding hydrogens is 264 g/mol. The number of piperidine rings is 1. The molecular formula is C17H32N2O2. The predicted molar refractivity (Wildman–Crippen MR) is 85.2 cm³/mol. The van der Waals surface area contributed by atoms with Crippen LogP contribution in [0.1, 0.15) is 47.0 Å². The molecule has 0 spiro atoms. The zero-order chi connectivity index (χ0) is 15.6. The fourth-order valence-electron chi connectivity index (χ4n) is 3.83. The smallest absolute Gasteiger partial charge is 0.222 e. The van der Waals surface area contributed by atoms with Crippen LogP contribution in [-0.4, -0.2) is 60.6 Å². The van der Waals surface area contributed by atoms with Crippen LogP contribution < -0.4 is 0 Å². The molecule has 0 aliphatic carbocycles. The second-order valence-corrected chi connectivity index (χ2v) is 7.37. The monoisotopic (exact) mass is 296 g/mol. The van der Waals surface area contributed by atoms with Gasteiger partial charge in [0.15, 0.2) is 0 Å². The first-order chi connectivity index (χ1) is 9.93. The van der Waals surface area contributed by atoms with Crippen LogP contribution in [0.3, 0.4) is 0 Å². The summed E-state index contributed by atoms with van der Waals surface area (Å²) in [6, 6.07) is 1.14. The molecule has 2 aliphatic rings. The SMILES string of the molecule is CO[C@H]1CN(C(C)C)[C@H]1C1CCN(C(=O)CC(C)C)CC1. The molecule has 0 aromatic rings. The van der Waals surface area contributed by atoms with E-state index in [9.17, 15) is 4.79 Å². The van der Waals surface area contributed by atoms with E-state index in [0.29, 0.717) is 42.4 Å². The van der Waals surface area contributed by atoms with Crippen LogP contribution in [-0.2, 0) is 9.53 Å². The standard InChI is InChI=1S/C17H32N2O2/c1-12(2)10-16(20)18-8-6-14(7-9-18)17-15(21-5)11-19(17)13(3)4/h12-15,17H,6-11H2,1-5H3/t15-,17-/m0/s1. The number of amides is 1. The Balaban J connectivity index is 1.86. The summed E-state index contributed by atoms with van der Waals surface area (Å²) in [6.45, 7) is 11.7. The van der Waals surface area contributed by atoms with Crippen molar-refractivity contribution in [1.82, 2.24) is 9.80 Å². The Hall–Kier alpha value is -0.610. The largest absolute Gasteiger partial charge is 0.378 e. The van der Waals surface area contributed by atoms with Crippen molar-refractivity contribution < 1.29 is 9.53 Å². The highest BCUT2D eigenvalue weighted by molar-refractivity contribution is 5.76. The molecule has 21 heavy (non-hydrogen) atoms. The van der Waals surface area contributed by atoms with Gasteiger partial charge in [-0.15, -0.1) is 0 Å². The second-order valence-electron chi connectivity index (χ2n) is 7.37. The van der Waals surface area contributed by atoms with Gasteiger partial charge in [-0.25, -0.2) is 0 Å². The quantitative estimate of drug-likeness (QED) is 0.781. The Morgan fingerprint density at radius 3 is 2.29 bits per heavy atom. The molecule has 0 saturated carbocycles. The molecule has 0 radical (unpaired) electrons. The van der Waals surface area contributed by atoms with E-state index in [1.807, 2.05) is 7.11 Å². The van der Waals surface area contributed by atoms with Crippen LogP contribution in [0.2, 0.25) is 0 Å². The van der Waals surface area contributed by atoms with Gasteiger partial charge in [0.2, 0.25) is 5.91 Å². The van der Waals surface area contributed by atoms with E-state index in [-0.39, 0.29) is 0 Å². The highest BCUT2D eigenvalue weighted by Crippen LogP contribution is 2.35. The molecule has 0 aromatic heterocycles. The Kier molecular flexibility index (Phi) is 5.67. The van der Waals surface area contributed by atoms with Crippen LogP contribution in [0.4, 0.5) is 0 Å². The van der Waals surface area contributed by atoms with E-state index in [4.69, 9.17) is 4.74 Å². The molecule has 2 fully saturated rings. The predicted octanol–water partition coefficient (Wildman–Crippen LogP) is 2.38. The van der Waals surface area contributed by atoms with Crippen molar-refractivity contribution in [1.29, 1.82) is 0 Å². The summed E-state index contributed by atoms with van der Waals surface area (Å²) in [6.07, 6.45) is 3.32. The lowest BCUT2D eigenvalue weighted by Crippen LogP contribution is -2.66. The van der Waals surface area contributed by atoms with Gasteiger partial charge in [-0.1, -0.05) is 13.8 Å². The number of likely N-dealkylation sites (tertiary alicyclic amines) is 2. The highest BCUT2D eigenvalue weighted by atomic mass is 16.5. The summed E-state index contributed by atoms with van der Waals surface area (Å²) in [4.78, 5) is 16.8. The van der Waals surface area contributed by atoms with Crippen molar-refractivity contribution in [2.75, 3.05) is 26.7 Å². The fraction of sp³-hybridized carbons (Fsp3) is 0.941. The Labute approximate surface area is 129 Å². The van der Waals surface area contributed by atoms with E-state index in [1.54, 1.807) is 0 Å². The van der Waals surface area contributed by atoms with Gasteiger partial charge in [0, 0.05) is 45.2 Å². The highest BCUT2D eigenvalue weighted by Gasteiger charge is 2.45. The van der Waals surface area contributed by atoms with E-state index in [1.165, 1.54) is 0 Å². The Morgan fingerprint density at radius 1 is 1.19 bits per heavy atom. The zero-order valence-electron chi connectivity index (χ0n) is 14.3. The van der Waals surface area contributed by atoms with Gasteiger partial charge in [-0.2, -0.15) is 0 Å². The molecule has 0 unspecified atom stereocenters. The van der Waals surface area contributed by atoms with Gasteiger partial charge in [0.25, 0.3) is 0 Å². The minimum atomic E-state index is 0.334. The molecule has 2 heterocycles. The van der Waals surface area contributed by atoms with Gasteiger partial charge in [0.1, 0.15) is 0 Å². The average Bonchev–Trinajstić information content (AvgIpc) is 2.37. The van der Waals surface area contributed by atoms with Crippen LogP contribution in [0.25, 0.3) is 0 Å². The van der Waals surface area contributed by atoms with Crippen LogP contribution in [0.5, 0.6) is 0 Å². The van der Waals surface area contributed by atoms with Crippen LogP contribution in [0, 0.1) is 11.8 Å². The van der Waals surface area contributed by atoms with Crippen molar-refractivity contribution in [3.63, 3.8) is 0 Å². The Morgan fingerprint density at radius 2 is 1.81 bits per heavy atom. The maximum Gasteiger partial charge on any atom is 0.222 e. The third kappa shape index (κ3) is 3.78. The zero-order valence-corrected chi connectivity index (χ0v) is 14.3. The summed E-state index contributed by atoms with van der Waals surface area (Å²) >= 11 is 0. The third-order valence-electron chi connectivity index (χ3n) is 5.08. The summed E-state index contributed by atoms with van der Waals surface area (Å²) in [5, 5.41) is 0. The molecule has 2 aliphatic heterocycles. The Bertz CT molecular complexity index is 349. The normalized spacial score (nSPS) is 28.2. The maximum absolute atomic E-state index is 12.2. The number of ether oxygens (including phenoxy) is 1. The molecule has 0 bridgehead atoms. The molecule has 122 valence electrons. The number of hydrogen-bond acceptors (Lipinski definition) is 3. The lowest BCUT2D eigenvalue weighted by Gasteiger charge is -2.54. The summed E-state index contributed by atoms with van der Waals surface area (Å²) in [7, 11) is 1.83. The molecule has 0 aromatic carbocycles. The number of rotatable bonds is 5. The van der Waals surface area contributed by atoms with E-state index < -0.39 is 0 Å². The van der Waals surface area contributed by atoms with Crippen molar-refractivity contribution in [2.24, 2.45) is 11.8 Å². The summed E-state index contributed by atoms with van der Waals surface area (Å²) in [5.41, 5.74) is 0. The maximum atomic E-state index is 12.2. The topological polar surface area (TPSA) is 32.8 Å². The first-order valence-electron chi connectivity index (χ1n) is 8.50. The number of carbonyl (C=O) groups excluding carboxylic acids is 1. The molecule has 0 N–H and O–H groups in total. The van der Waals surface area contributed by atoms with Crippen molar-refractivity contribution in [3.8, 4) is 0 Å². The number of carbonyl (C=O) groups is 1. The minimum absolute atomic E-state index is 0.334. The summed E-state index contributed by atoms with van der Waals surface area (Å²) < 4.78 is 5.64. The van der Waals surface area contributed by atoms with Crippen molar-refractivity contribution in [3.05, 3.63) is 0 Å². The van der Waals surface area contributed by atoms with Crippen LogP contribution >= 0.6 is 0 Å². The van der Waals surface area contributed by atoms with Crippen LogP contribution in [0.15, 0.2) is 0 Å². The number of nitrogens with zero attached hydrogens (tertiary/aromatic N) is 2. The van der Waals surface area contributed by atoms with Gasteiger partial charge in [-0.05, 0) is 38.5 Å². The molecule has 4 nitrogen and oxygen atoms in total. The minimum Gasteiger partial charge on any atom is -0.378 e. The number of hydrogen-bond donors (Lipinski definition) is 0. The van der Waals surface area contributed by atoms with Crippen molar-refractivity contribution in [2.45, 2.75) is 65.1 Å². The van der Waals surface area contributed by atoms with Gasteiger partial charge in [-0.3, -0.25) is 9.69 Å². The number of methoxy groups -OCH3 is 1. The molecule has 2 atom stereocenters. The molecule has 4 heteroatoms. The fourth-order valence-corrected chi connectivity index (χ4v) is 3.83.